The van der Waals surface area contributed by atoms with Gasteiger partial charge in [-0.05, 0) is 29.3 Å². The summed E-state index contributed by atoms with van der Waals surface area (Å²) in [5.74, 6) is -0.0484. The van der Waals surface area contributed by atoms with Gasteiger partial charge < -0.3 is 9.64 Å². The number of esters is 1. The molecule has 0 aliphatic heterocycles. The monoisotopic (exact) mass is 359 g/mol. The number of aromatic nitrogens is 1. The van der Waals surface area contributed by atoms with Gasteiger partial charge in [0.2, 0.25) is 5.82 Å². The summed E-state index contributed by atoms with van der Waals surface area (Å²) in [7, 11) is 0. The highest BCUT2D eigenvalue weighted by molar-refractivity contribution is 9.10. The molecule has 0 spiro atoms. The molecule has 0 aromatic carbocycles. The molecule has 116 valence electrons. The fourth-order valence-corrected chi connectivity index (χ4v) is 2.17. The molecule has 0 N–H and O–H groups in total. The van der Waals surface area contributed by atoms with Gasteiger partial charge in [-0.3, -0.25) is 14.9 Å². The largest absolute Gasteiger partial charge is 0.466 e. The van der Waals surface area contributed by atoms with Crippen LogP contribution in [0, 0.1) is 10.1 Å². The van der Waals surface area contributed by atoms with Crippen molar-refractivity contribution in [2.45, 2.75) is 26.7 Å². The lowest BCUT2D eigenvalue weighted by atomic mass is 10.3. The van der Waals surface area contributed by atoms with Crippen LogP contribution in [0.3, 0.4) is 0 Å². The van der Waals surface area contributed by atoms with Gasteiger partial charge in [0.25, 0.3) is 0 Å². The number of carbonyl (C=O) groups is 1. The molecule has 0 fully saturated rings. The van der Waals surface area contributed by atoms with Crippen molar-refractivity contribution in [1.82, 2.24) is 4.98 Å². The Balaban J connectivity index is 2.94. The molecule has 0 aliphatic rings. The zero-order chi connectivity index (χ0) is 15.8. The summed E-state index contributed by atoms with van der Waals surface area (Å²) in [4.78, 5) is 28.0. The average Bonchev–Trinajstić information content (AvgIpc) is 2.44. The molecule has 0 amide bonds. The quantitative estimate of drug-likeness (QED) is 0.403. The number of hydrogen-bond donors (Lipinski definition) is 0. The van der Waals surface area contributed by atoms with Gasteiger partial charge in [-0.25, -0.2) is 4.98 Å². The molecule has 8 heteroatoms. The highest BCUT2D eigenvalue weighted by atomic mass is 79.9. The lowest BCUT2D eigenvalue weighted by molar-refractivity contribution is -0.384. The van der Waals surface area contributed by atoms with Gasteiger partial charge in [-0.1, -0.05) is 6.92 Å². The first-order chi connectivity index (χ1) is 9.99. The van der Waals surface area contributed by atoms with Crippen molar-refractivity contribution in [3.63, 3.8) is 0 Å². The molecule has 1 rings (SSSR count). The van der Waals surface area contributed by atoms with Gasteiger partial charge >= 0.3 is 11.7 Å². The maximum Gasteiger partial charge on any atom is 0.312 e. The van der Waals surface area contributed by atoms with Crippen LogP contribution in [0.25, 0.3) is 0 Å². The summed E-state index contributed by atoms with van der Waals surface area (Å²) < 4.78 is 5.42. The topological polar surface area (TPSA) is 85.6 Å². The van der Waals surface area contributed by atoms with E-state index in [1.807, 2.05) is 6.92 Å². The average molecular weight is 360 g/mol. The Morgan fingerprint density at radius 2 is 2.19 bits per heavy atom. The highest BCUT2D eigenvalue weighted by Gasteiger charge is 2.22. The van der Waals surface area contributed by atoms with Crippen LogP contribution in [-0.2, 0) is 9.53 Å². The number of nitrogens with zero attached hydrogens (tertiary/aromatic N) is 3. The standard InChI is InChI=1S/C13H18BrN3O4/c1-3-6-16(7-5-12(18)21-4-2)13-11(17(19)20)8-10(14)9-15-13/h8-9H,3-7H2,1-2H3. The van der Waals surface area contributed by atoms with E-state index in [9.17, 15) is 14.9 Å². The van der Waals surface area contributed by atoms with Crippen LogP contribution >= 0.6 is 15.9 Å². The molecule has 0 saturated heterocycles. The van der Waals surface area contributed by atoms with E-state index in [1.165, 1.54) is 12.3 Å². The number of halogens is 1. The van der Waals surface area contributed by atoms with Crippen LogP contribution in [-0.4, -0.2) is 35.6 Å². The molecule has 1 heterocycles. The first-order valence-electron chi connectivity index (χ1n) is 6.70. The SMILES string of the molecule is CCCN(CCC(=O)OCC)c1ncc(Br)cc1[N+](=O)[O-]. The van der Waals surface area contributed by atoms with Crippen molar-refractivity contribution in [2.24, 2.45) is 0 Å². The predicted octanol–water partition coefficient (Wildman–Crippen LogP) is 2.92. The Hall–Kier alpha value is -1.70. The zero-order valence-electron chi connectivity index (χ0n) is 12.0. The normalized spacial score (nSPS) is 10.2. The predicted molar refractivity (Wildman–Crippen MR) is 82.3 cm³/mol. The molecular weight excluding hydrogens is 342 g/mol. The molecule has 7 nitrogen and oxygen atoms in total. The van der Waals surface area contributed by atoms with Crippen LogP contribution < -0.4 is 4.90 Å². The molecule has 1 aromatic heterocycles. The Bertz CT molecular complexity index is 510. The number of nitro groups is 1. The molecule has 0 saturated carbocycles. The van der Waals surface area contributed by atoms with Crippen molar-refractivity contribution >= 4 is 33.4 Å². The number of pyridine rings is 1. The second kappa shape index (κ2) is 8.56. The van der Waals surface area contributed by atoms with Gasteiger partial charge in [-0.15, -0.1) is 0 Å². The van der Waals surface area contributed by atoms with Crippen molar-refractivity contribution < 1.29 is 14.5 Å². The summed E-state index contributed by atoms with van der Waals surface area (Å²) in [6, 6.07) is 1.41. The van der Waals surface area contributed by atoms with E-state index in [0.717, 1.165) is 6.42 Å². The van der Waals surface area contributed by atoms with Crippen molar-refractivity contribution in [3.05, 3.63) is 26.9 Å². The number of carbonyl (C=O) groups excluding carboxylic acids is 1. The first kappa shape index (κ1) is 17.4. The van der Waals surface area contributed by atoms with E-state index < -0.39 is 4.92 Å². The molecule has 1 aromatic rings. The minimum atomic E-state index is -0.472. The third-order valence-corrected chi connectivity index (χ3v) is 3.13. The number of rotatable bonds is 8. The van der Waals surface area contributed by atoms with Crippen LogP contribution in [0.4, 0.5) is 11.5 Å². The van der Waals surface area contributed by atoms with Gasteiger partial charge in [0.15, 0.2) is 0 Å². The smallest absolute Gasteiger partial charge is 0.312 e. The first-order valence-corrected chi connectivity index (χ1v) is 7.49. The summed E-state index contributed by atoms with van der Waals surface area (Å²) >= 11 is 3.18. The summed E-state index contributed by atoms with van der Waals surface area (Å²) in [6.45, 7) is 4.94. The molecule has 0 bridgehead atoms. The number of hydrogen-bond acceptors (Lipinski definition) is 6. The lowest BCUT2D eigenvalue weighted by Gasteiger charge is -2.22. The van der Waals surface area contributed by atoms with Gasteiger partial charge in [0.05, 0.1) is 18.0 Å². The van der Waals surface area contributed by atoms with E-state index >= 15 is 0 Å². The van der Waals surface area contributed by atoms with Gasteiger partial charge in [-0.2, -0.15) is 0 Å². The van der Waals surface area contributed by atoms with Crippen LogP contribution in [0.5, 0.6) is 0 Å². The van der Waals surface area contributed by atoms with Crippen LogP contribution in [0.2, 0.25) is 0 Å². The number of anilines is 1. The van der Waals surface area contributed by atoms with Crippen molar-refractivity contribution in [2.75, 3.05) is 24.6 Å². The fourth-order valence-electron chi connectivity index (χ4n) is 1.85. The molecule has 0 radical (unpaired) electrons. The molecule has 0 aliphatic carbocycles. The van der Waals surface area contributed by atoms with E-state index in [4.69, 9.17) is 4.74 Å². The Morgan fingerprint density at radius 3 is 2.76 bits per heavy atom. The molecular formula is C13H18BrN3O4. The maximum absolute atomic E-state index is 11.4. The van der Waals surface area contributed by atoms with Crippen LogP contribution in [0.1, 0.15) is 26.7 Å². The van der Waals surface area contributed by atoms with E-state index in [-0.39, 0.29) is 23.9 Å². The third-order valence-electron chi connectivity index (χ3n) is 2.69. The van der Waals surface area contributed by atoms with E-state index in [2.05, 4.69) is 20.9 Å². The number of ether oxygens (including phenoxy) is 1. The van der Waals surface area contributed by atoms with Crippen molar-refractivity contribution in [1.29, 1.82) is 0 Å². The summed E-state index contributed by atoms with van der Waals surface area (Å²) in [5.41, 5.74) is -0.0818. The Kier molecular flexibility index (Phi) is 7.07. The molecule has 0 unspecified atom stereocenters. The summed E-state index contributed by atoms with van der Waals surface area (Å²) in [6.07, 6.45) is 2.47. The molecule has 0 atom stereocenters. The Labute approximate surface area is 131 Å². The van der Waals surface area contributed by atoms with Crippen LogP contribution in [0.15, 0.2) is 16.7 Å². The van der Waals surface area contributed by atoms with E-state index in [0.29, 0.717) is 24.2 Å². The minimum absolute atomic E-state index is 0.0818. The maximum atomic E-state index is 11.4. The third kappa shape index (κ3) is 5.30. The zero-order valence-corrected chi connectivity index (χ0v) is 13.6. The Morgan fingerprint density at radius 1 is 1.48 bits per heavy atom. The summed E-state index contributed by atoms with van der Waals surface area (Å²) in [5, 5.41) is 11.1. The second-order valence-electron chi connectivity index (χ2n) is 4.30. The minimum Gasteiger partial charge on any atom is -0.466 e. The van der Waals surface area contributed by atoms with Gasteiger partial charge in [0, 0.05) is 29.8 Å². The van der Waals surface area contributed by atoms with Crippen molar-refractivity contribution in [3.8, 4) is 0 Å². The highest BCUT2D eigenvalue weighted by Crippen LogP contribution is 2.28. The lowest BCUT2D eigenvalue weighted by Crippen LogP contribution is -2.29. The second-order valence-corrected chi connectivity index (χ2v) is 5.21. The van der Waals surface area contributed by atoms with E-state index in [1.54, 1.807) is 11.8 Å². The van der Waals surface area contributed by atoms with Gasteiger partial charge in [0.1, 0.15) is 0 Å². The fraction of sp³-hybridized carbons (Fsp3) is 0.538. The molecule has 21 heavy (non-hydrogen) atoms.